The van der Waals surface area contributed by atoms with E-state index < -0.39 is 0 Å². The average molecular weight is 276 g/mol. The molecular formula is C15H18ClN3. The van der Waals surface area contributed by atoms with Crippen molar-refractivity contribution in [3.8, 4) is 0 Å². The van der Waals surface area contributed by atoms with Crippen molar-refractivity contribution in [3.63, 3.8) is 0 Å². The van der Waals surface area contributed by atoms with Crippen LogP contribution in [0.25, 0.3) is 0 Å². The first kappa shape index (κ1) is 13.8. The number of pyridine rings is 1. The molecule has 0 bridgehead atoms. The van der Waals surface area contributed by atoms with E-state index in [4.69, 9.17) is 17.3 Å². The van der Waals surface area contributed by atoms with Gasteiger partial charge in [0.2, 0.25) is 0 Å². The molecule has 4 heteroatoms. The van der Waals surface area contributed by atoms with Crippen LogP contribution in [-0.2, 0) is 6.54 Å². The fraction of sp³-hybridized carbons (Fsp3) is 0.267. The average Bonchev–Trinajstić information content (AvgIpc) is 2.39. The summed E-state index contributed by atoms with van der Waals surface area (Å²) >= 11 is 6.25. The first-order valence-electron chi connectivity index (χ1n) is 6.24. The van der Waals surface area contributed by atoms with Gasteiger partial charge in [0, 0.05) is 30.0 Å². The first-order chi connectivity index (χ1) is 9.08. The summed E-state index contributed by atoms with van der Waals surface area (Å²) in [4.78, 5) is 6.43. The van der Waals surface area contributed by atoms with Gasteiger partial charge >= 0.3 is 0 Å². The van der Waals surface area contributed by atoms with Gasteiger partial charge in [0.25, 0.3) is 0 Å². The number of aromatic nitrogens is 1. The molecule has 1 heterocycles. The van der Waals surface area contributed by atoms with Gasteiger partial charge in [-0.3, -0.25) is 4.98 Å². The zero-order valence-corrected chi connectivity index (χ0v) is 11.9. The number of hydrogen-bond acceptors (Lipinski definition) is 3. The van der Waals surface area contributed by atoms with Gasteiger partial charge in [-0.15, -0.1) is 0 Å². The Hall–Kier alpha value is -1.58. The van der Waals surface area contributed by atoms with Crippen molar-refractivity contribution >= 4 is 17.3 Å². The maximum atomic E-state index is 6.25. The van der Waals surface area contributed by atoms with Crippen molar-refractivity contribution in [1.29, 1.82) is 0 Å². The smallest absolute Gasteiger partial charge is 0.0598 e. The van der Waals surface area contributed by atoms with E-state index in [1.807, 2.05) is 50.4 Å². The first-order valence-corrected chi connectivity index (χ1v) is 6.62. The Labute approximate surface area is 119 Å². The largest absolute Gasteiger partial charge is 0.369 e. The predicted octanol–water partition coefficient (Wildman–Crippen LogP) is 3.39. The van der Waals surface area contributed by atoms with E-state index in [-0.39, 0.29) is 6.04 Å². The van der Waals surface area contributed by atoms with Crippen LogP contribution in [0.3, 0.4) is 0 Å². The van der Waals surface area contributed by atoms with E-state index in [0.29, 0.717) is 5.02 Å². The van der Waals surface area contributed by atoms with E-state index in [1.165, 1.54) is 0 Å². The second-order valence-corrected chi connectivity index (χ2v) is 5.08. The second kappa shape index (κ2) is 6.04. The van der Waals surface area contributed by atoms with Gasteiger partial charge in [-0.1, -0.05) is 23.7 Å². The number of benzene rings is 1. The summed E-state index contributed by atoms with van der Waals surface area (Å²) in [5.41, 5.74) is 8.91. The highest BCUT2D eigenvalue weighted by Gasteiger charge is 2.09. The number of nitrogens with zero attached hydrogens (tertiary/aromatic N) is 2. The van der Waals surface area contributed by atoms with Crippen molar-refractivity contribution in [2.75, 3.05) is 11.9 Å². The van der Waals surface area contributed by atoms with Crippen LogP contribution in [0.4, 0.5) is 5.69 Å². The number of anilines is 1. The summed E-state index contributed by atoms with van der Waals surface area (Å²) in [6.45, 7) is 2.67. The second-order valence-electron chi connectivity index (χ2n) is 4.67. The van der Waals surface area contributed by atoms with Gasteiger partial charge in [-0.2, -0.15) is 0 Å². The Morgan fingerprint density at radius 1 is 1.32 bits per heavy atom. The molecule has 3 nitrogen and oxygen atoms in total. The molecule has 0 aliphatic rings. The fourth-order valence-corrected chi connectivity index (χ4v) is 2.30. The summed E-state index contributed by atoms with van der Waals surface area (Å²) in [7, 11) is 2.02. The van der Waals surface area contributed by atoms with Gasteiger partial charge in [0.15, 0.2) is 0 Å². The molecule has 2 aromatic rings. The molecular weight excluding hydrogens is 258 g/mol. The number of halogens is 1. The highest BCUT2D eigenvalue weighted by molar-refractivity contribution is 6.31. The maximum absolute atomic E-state index is 6.25. The molecule has 2 rings (SSSR count). The minimum absolute atomic E-state index is 0.0531. The summed E-state index contributed by atoms with van der Waals surface area (Å²) < 4.78 is 0. The summed E-state index contributed by atoms with van der Waals surface area (Å²) in [5, 5.41) is 0.709. The molecule has 2 N–H and O–H groups in total. The van der Waals surface area contributed by atoms with E-state index >= 15 is 0 Å². The van der Waals surface area contributed by atoms with Crippen LogP contribution >= 0.6 is 11.6 Å². The van der Waals surface area contributed by atoms with Crippen LogP contribution in [0.2, 0.25) is 5.02 Å². The molecule has 1 atom stereocenters. The fourth-order valence-electron chi connectivity index (χ4n) is 1.95. The molecule has 0 aliphatic heterocycles. The van der Waals surface area contributed by atoms with Crippen LogP contribution in [0.15, 0.2) is 42.6 Å². The van der Waals surface area contributed by atoms with E-state index in [2.05, 4.69) is 9.88 Å². The van der Waals surface area contributed by atoms with Crippen LogP contribution in [0.5, 0.6) is 0 Å². The molecule has 0 fully saturated rings. The Morgan fingerprint density at radius 3 is 2.68 bits per heavy atom. The molecule has 0 aliphatic carbocycles. The van der Waals surface area contributed by atoms with Gasteiger partial charge in [-0.05, 0) is 36.8 Å². The van der Waals surface area contributed by atoms with Crippen molar-refractivity contribution in [1.82, 2.24) is 4.98 Å². The lowest BCUT2D eigenvalue weighted by molar-refractivity contribution is 0.816. The molecule has 100 valence electrons. The molecule has 0 amide bonds. The molecule has 0 saturated heterocycles. The summed E-state index contributed by atoms with van der Waals surface area (Å²) in [6.07, 6.45) is 1.80. The highest BCUT2D eigenvalue weighted by atomic mass is 35.5. The van der Waals surface area contributed by atoms with Crippen LogP contribution < -0.4 is 10.6 Å². The molecule has 1 aromatic heterocycles. The minimum Gasteiger partial charge on any atom is -0.369 e. The molecule has 0 radical (unpaired) electrons. The topological polar surface area (TPSA) is 42.1 Å². The van der Waals surface area contributed by atoms with Gasteiger partial charge < -0.3 is 10.6 Å². The van der Waals surface area contributed by atoms with E-state index in [0.717, 1.165) is 23.5 Å². The number of nitrogens with two attached hydrogens (primary N) is 1. The summed E-state index contributed by atoms with van der Waals surface area (Å²) in [6, 6.07) is 11.8. The van der Waals surface area contributed by atoms with Gasteiger partial charge in [-0.25, -0.2) is 0 Å². The van der Waals surface area contributed by atoms with Crippen molar-refractivity contribution in [3.05, 3.63) is 58.9 Å². The molecule has 19 heavy (non-hydrogen) atoms. The highest BCUT2D eigenvalue weighted by Crippen LogP contribution is 2.27. The summed E-state index contributed by atoms with van der Waals surface area (Å²) in [5.74, 6) is 0. The third-order valence-electron chi connectivity index (χ3n) is 3.04. The van der Waals surface area contributed by atoms with Crippen molar-refractivity contribution < 1.29 is 0 Å². The van der Waals surface area contributed by atoms with Crippen LogP contribution in [-0.4, -0.2) is 12.0 Å². The third-order valence-corrected chi connectivity index (χ3v) is 3.37. The van der Waals surface area contributed by atoms with Crippen LogP contribution in [0, 0.1) is 0 Å². The lowest BCUT2D eigenvalue weighted by atomic mass is 10.1. The van der Waals surface area contributed by atoms with Gasteiger partial charge in [0.05, 0.1) is 12.2 Å². The van der Waals surface area contributed by atoms with Crippen molar-refractivity contribution in [2.45, 2.75) is 19.5 Å². The molecule has 1 aromatic carbocycles. The maximum Gasteiger partial charge on any atom is 0.0598 e. The Bertz CT molecular complexity index is 540. The molecule has 0 spiro atoms. The van der Waals surface area contributed by atoms with E-state index in [9.17, 15) is 0 Å². The van der Waals surface area contributed by atoms with Gasteiger partial charge in [0.1, 0.15) is 0 Å². The third kappa shape index (κ3) is 3.46. The van der Waals surface area contributed by atoms with Crippen molar-refractivity contribution in [2.24, 2.45) is 5.73 Å². The molecule has 1 unspecified atom stereocenters. The Morgan fingerprint density at radius 2 is 2.11 bits per heavy atom. The molecule has 0 saturated carbocycles. The van der Waals surface area contributed by atoms with E-state index in [1.54, 1.807) is 6.20 Å². The number of hydrogen-bond donors (Lipinski definition) is 1. The van der Waals surface area contributed by atoms with Crippen LogP contribution in [0.1, 0.15) is 24.2 Å². The minimum atomic E-state index is -0.0531. The monoisotopic (exact) mass is 275 g/mol. The SMILES string of the molecule is CC(N)c1ccc(N(C)Cc2ccccn2)cc1Cl. The quantitative estimate of drug-likeness (QED) is 0.930. The lowest BCUT2D eigenvalue weighted by Gasteiger charge is -2.20. The lowest BCUT2D eigenvalue weighted by Crippen LogP contribution is -2.17. The zero-order chi connectivity index (χ0) is 13.8. The normalized spacial score (nSPS) is 12.2. The Kier molecular flexibility index (Phi) is 4.40. The number of rotatable bonds is 4. The zero-order valence-electron chi connectivity index (χ0n) is 11.2. The predicted molar refractivity (Wildman–Crippen MR) is 80.4 cm³/mol. The Balaban J connectivity index is 2.16. The standard InChI is InChI=1S/C15H18ClN3/c1-11(17)14-7-6-13(9-15(14)16)19(2)10-12-5-3-4-8-18-12/h3-9,11H,10,17H2,1-2H3.